The second-order valence-corrected chi connectivity index (χ2v) is 6.94. The molecule has 0 spiro atoms. The minimum atomic E-state index is -0.0727. The third-order valence-corrected chi connectivity index (χ3v) is 4.17. The maximum Gasteiger partial charge on any atom is 0.0568 e. The quantitative estimate of drug-likeness (QED) is 0.829. The van der Waals surface area contributed by atoms with Crippen molar-refractivity contribution < 1.29 is 5.11 Å². The monoisotopic (exact) mass is 273 g/mol. The summed E-state index contributed by atoms with van der Waals surface area (Å²) in [5.41, 5.74) is 6.15. The van der Waals surface area contributed by atoms with Crippen molar-refractivity contribution in [2.75, 3.05) is 6.61 Å². The van der Waals surface area contributed by atoms with Crippen LogP contribution in [-0.4, -0.2) is 23.0 Å². The summed E-state index contributed by atoms with van der Waals surface area (Å²) < 4.78 is 0. The van der Waals surface area contributed by atoms with Gasteiger partial charge in [0.1, 0.15) is 0 Å². The van der Waals surface area contributed by atoms with E-state index in [2.05, 4.69) is 20.8 Å². The topological polar surface area (TPSA) is 46.2 Å². The van der Waals surface area contributed by atoms with Crippen molar-refractivity contribution in [1.82, 2.24) is 0 Å². The molecule has 0 bridgehead atoms. The molecule has 4 heteroatoms. The molecule has 0 saturated carbocycles. The van der Waals surface area contributed by atoms with Crippen LogP contribution in [-0.2, 0) is 0 Å². The van der Waals surface area contributed by atoms with Crippen LogP contribution in [0.1, 0.15) is 20.8 Å². The minimum absolute atomic E-state index is 0.0199. The third kappa shape index (κ3) is 4.51. The number of aliphatic hydroxyl groups excluding tert-OH is 1. The van der Waals surface area contributed by atoms with Crippen molar-refractivity contribution in [3.63, 3.8) is 0 Å². The van der Waals surface area contributed by atoms with Crippen LogP contribution in [0.25, 0.3) is 0 Å². The highest BCUT2D eigenvalue weighted by molar-refractivity contribution is 8.00. The van der Waals surface area contributed by atoms with E-state index < -0.39 is 0 Å². The number of hydrogen-bond donors (Lipinski definition) is 2. The fourth-order valence-corrected chi connectivity index (χ4v) is 3.08. The zero-order valence-electron chi connectivity index (χ0n) is 10.5. The van der Waals surface area contributed by atoms with Crippen molar-refractivity contribution in [2.24, 2.45) is 11.1 Å². The molecule has 1 rings (SSSR count). The van der Waals surface area contributed by atoms with Crippen LogP contribution in [0, 0.1) is 5.41 Å². The molecule has 0 amide bonds. The van der Waals surface area contributed by atoms with E-state index in [9.17, 15) is 5.11 Å². The first-order chi connectivity index (χ1) is 7.84. The lowest BCUT2D eigenvalue weighted by atomic mass is 9.85. The van der Waals surface area contributed by atoms with Gasteiger partial charge in [-0.2, -0.15) is 0 Å². The normalized spacial score (nSPS) is 15.6. The summed E-state index contributed by atoms with van der Waals surface area (Å²) in [5.74, 6) is 0. The largest absolute Gasteiger partial charge is 0.395 e. The van der Waals surface area contributed by atoms with Crippen LogP contribution in [0.4, 0.5) is 0 Å². The highest BCUT2D eigenvalue weighted by Gasteiger charge is 2.29. The number of halogens is 1. The van der Waals surface area contributed by atoms with Crippen molar-refractivity contribution >= 4 is 23.4 Å². The Hall–Kier alpha value is -0.220. The maximum absolute atomic E-state index is 9.46. The number of rotatable bonds is 4. The van der Waals surface area contributed by atoms with Gasteiger partial charge in [0.25, 0.3) is 0 Å². The molecule has 2 atom stereocenters. The standard InChI is InChI=1S/C13H20ClNOS/c1-13(2,3)12(15)11(8-16)17-10-6-4-5-9(14)7-10/h4-7,11-12,16H,8,15H2,1-3H3. The van der Waals surface area contributed by atoms with Gasteiger partial charge in [-0.3, -0.25) is 0 Å². The van der Waals surface area contributed by atoms with Crippen molar-refractivity contribution in [1.29, 1.82) is 0 Å². The molecule has 1 aromatic rings. The molecular formula is C13H20ClNOS. The Balaban J connectivity index is 2.77. The molecule has 0 saturated heterocycles. The maximum atomic E-state index is 9.46. The van der Waals surface area contributed by atoms with Gasteiger partial charge in [-0.25, -0.2) is 0 Å². The zero-order chi connectivity index (χ0) is 13.1. The summed E-state index contributed by atoms with van der Waals surface area (Å²) in [6.45, 7) is 6.31. The Kier molecular flexibility index (Phi) is 5.32. The van der Waals surface area contributed by atoms with E-state index in [0.29, 0.717) is 5.02 Å². The van der Waals surface area contributed by atoms with E-state index in [1.165, 1.54) is 0 Å². The molecule has 0 aliphatic carbocycles. The molecule has 3 N–H and O–H groups in total. The summed E-state index contributed by atoms with van der Waals surface area (Å²) >= 11 is 7.51. The van der Waals surface area contributed by atoms with Crippen LogP contribution in [0.2, 0.25) is 5.02 Å². The van der Waals surface area contributed by atoms with Crippen LogP contribution in [0.15, 0.2) is 29.2 Å². The Morgan fingerprint density at radius 2 is 2.06 bits per heavy atom. The van der Waals surface area contributed by atoms with Gasteiger partial charge in [-0.15, -0.1) is 11.8 Å². The highest BCUT2D eigenvalue weighted by atomic mass is 35.5. The number of nitrogens with two attached hydrogens (primary N) is 1. The first kappa shape index (κ1) is 14.8. The fraction of sp³-hybridized carbons (Fsp3) is 0.538. The number of thioether (sulfide) groups is 1. The van der Waals surface area contributed by atoms with Gasteiger partial charge in [-0.05, 0) is 23.6 Å². The third-order valence-electron chi connectivity index (χ3n) is 2.66. The van der Waals surface area contributed by atoms with Crippen molar-refractivity contribution in [2.45, 2.75) is 37.0 Å². The number of aliphatic hydroxyl groups is 1. The summed E-state index contributed by atoms with van der Waals surface area (Å²) in [7, 11) is 0. The molecule has 1 aromatic carbocycles. The SMILES string of the molecule is CC(C)(C)C(N)C(CO)Sc1cccc(Cl)c1. The van der Waals surface area contributed by atoms with Gasteiger partial charge in [0.2, 0.25) is 0 Å². The predicted octanol–water partition coefficient (Wildman–Crippen LogP) is 3.17. The van der Waals surface area contributed by atoms with Gasteiger partial charge >= 0.3 is 0 Å². The average molecular weight is 274 g/mol. The number of hydrogen-bond acceptors (Lipinski definition) is 3. The Morgan fingerprint density at radius 3 is 2.53 bits per heavy atom. The average Bonchev–Trinajstić information content (AvgIpc) is 2.24. The van der Waals surface area contributed by atoms with Crippen LogP contribution in [0.3, 0.4) is 0 Å². The molecular weight excluding hydrogens is 254 g/mol. The lowest BCUT2D eigenvalue weighted by Gasteiger charge is -2.32. The Labute approximate surface area is 113 Å². The van der Waals surface area contributed by atoms with E-state index in [-0.39, 0.29) is 23.3 Å². The summed E-state index contributed by atoms with van der Waals surface area (Å²) in [5, 5.41) is 10.1. The van der Waals surface area contributed by atoms with Gasteiger partial charge in [0.15, 0.2) is 0 Å². The van der Waals surface area contributed by atoms with Gasteiger partial charge in [-0.1, -0.05) is 38.4 Å². The molecule has 0 aliphatic heterocycles. The summed E-state index contributed by atoms with van der Waals surface area (Å²) in [6.07, 6.45) is 0. The van der Waals surface area contributed by atoms with E-state index in [1.807, 2.05) is 24.3 Å². The molecule has 0 aliphatic rings. The molecule has 17 heavy (non-hydrogen) atoms. The fourth-order valence-electron chi connectivity index (χ4n) is 1.50. The smallest absolute Gasteiger partial charge is 0.0568 e. The lowest BCUT2D eigenvalue weighted by Crippen LogP contribution is -2.45. The highest BCUT2D eigenvalue weighted by Crippen LogP contribution is 2.32. The van der Waals surface area contributed by atoms with Gasteiger partial charge in [0.05, 0.1) is 6.61 Å². The first-order valence-electron chi connectivity index (χ1n) is 5.63. The second kappa shape index (κ2) is 6.10. The number of benzene rings is 1. The molecule has 2 nitrogen and oxygen atoms in total. The molecule has 2 unspecified atom stereocenters. The molecule has 0 heterocycles. The van der Waals surface area contributed by atoms with Crippen molar-refractivity contribution in [3.8, 4) is 0 Å². The minimum Gasteiger partial charge on any atom is -0.395 e. The van der Waals surface area contributed by atoms with Gasteiger partial charge < -0.3 is 10.8 Å². The predicted molar refractivity (Wildman–Crippen MR) is 75.6 cm³/mol. The second-order valence-electron chi connectivity index (χ2n) is 5.19. The molecule has 0 fully saturated rings. The van der Waals surface area contributed by atoms with Gasteiger partial charge in [0, 0.05) is 21.2 Å². The van der Waals surface area contributed by atoms with E-state index >= 15 is 0 Å². The van der Waals surface area contributed by atoms with Crippen molar-refractivity contribution in [3.05, 3.63) is 29.3 Å². The van der Waals surface area contributed by atoms with Crippen LogP contribution < -0.4 is 5.73 Å². The summed E-state index contributed by atoms with van der Waals surface area (Å²) in [4.78, 5) is 1.04. The first-order valence-corrected chi connectivity index (χ1v) is 6.89. The van der Waals surface area contributed by atoms with Crippen LogP contribution >= 0.6 is 23.4 Å². The Morgan fingerprint density at radius 1 is 1.41 bits per heavy atom. The Bertz CT molecular complexity index is 365. The zero-order valence-corrected chi connectivity index (χ0v) is 12.1. The van der Waals surface area contributed by atoms with E-state index in [1.54, 1.807) is 11.8 Å². The molecule has 96 valence electrons. The van der Waals surface area contributed by atoms with E-state index in [4.69, 9.17) is 17.3 Å². The molecule has 0 aromatic heterocycles. The molecule has 0 radical (unpaired) electrons. The van der Waals surface area contributed by atoms with E-state index in [0.717, 1.165) is 4.90 Å². The lowest BCUT2D eigenvalue weighted by molar-refractivity contribution is 0.233. The van der Waals surface area contributed by atoms with Crippen LogP contribution in [0.5, 0.6) is 0 Å². The summed E-state index contributed by atoms with van der Waals surface area (Å²) in [6, 6.07) is 7.54.